The summed E-state index contributed by atoms with van der Waals surface area (Å²) in [4.78, 5) is 2.46. The molecule has 13 heavy (non-hydrogen) atoms. The fraction of sp³-hybridized carbons (Fsp3) is 0.636. The molecular weight excluding hydrogens is 180 g/mol. The zero-order valence-corrected chi connectivity index (χ0v) is 8.81. The first-order valence-corrected chi connectivity index (χ1v) is 5.83. The van der Waals surface area contributed by atoms with Crippen LogP contribution in [0.5, 0.6) is 0 Å². The zero-order chi connectivity index (χ0) is 9.26. The average Bonchev–Trinajstić information content (AvgIpc) is 2.72. The van der Waals surface area contributed by atoms with Gasteiger partial charge in [0.15, 0.2) is 0 Å². The summed E-state index contributed by atoms with van der Waals surface area (Å²) in [6, 6.07) is 4.17. The second-order valence-electron chi connectivity index (χ2n) is 3.94. The first kappa shape index (κ1) is 9.22. The molecule has 1 aliphatic rings. The lowest BCUT2D eigenvalue weighted by molar-refractivity contribution is 0.115. The molecule has 0 aliphatic heterocycles. The molecule has 0 amide bonds. The molecule has 1 heterocycles. The van der Waals surface area contributed by atoms with Crippen molar-refractivity contribution >= 4 is 11.3 Å². The fourth-order valence-corrected chi connectivity index (χ4v) is 3.07. The van der Waals surface area contributed by atoms with Gasteiger partial charge in [-0.3, -0.25) is 0 Å². The van der Waals surface area contributed by atoms with Crippen LogP contribution in [0.4, 0.5) is 0 Å². The Hall–Kier alpha value is -0.340. The third-order valence-corrected chi connectivity index (χ3v) is 3.97. The Morgan fingerprint density at radius 1 is 1.38 bits per heavy atom. The van der Waals surface area contributed by atoms with Crippen molar-refractivity contribution < 1.29 is 5.11 Å². The topological polar surface area (TPSA) is 20.2 Å². The summed E-state index contributed by atoms with van der Waals surface area (Å²) in [6.45, 7) is 2.09. The minimum absolute atomic E-state index is 0.193. The minimum atomic E-state index is -0.193. The molecule has 1 aromatic rings. The van der Waals surface area contributed by atoms with Crippen molar-refractivity contribution in [2.75, 3.05) is 0 Å². The van der Waals surface area contributed by atoms with E-state index < -0.39 is 0 Å². The van der Waals surface area contributed by atoms with Gasteiger partial charge in [-0.15, -0.1) is 11.3 Å². The summed E-state index contributed by atoms with van der Waals surface area (Å²) in [6.07, 6.45) is 4.81. The lowest BCUT2D eigenvalue weighted by Crippen LogP contribution is -2.06. The van der Waals surface area contributed by atoms with Gasteiger partial charge in [0, 0.05) is 9.75 Å². The van der Waals surface area contributed by atoms with E-state index in [-0.39, 0.29) is 6.10 Å². The van der Waals surface area contributed by atoms with E-state index in [1.807, 2.05) is 0 Å². The molecule has 2 rings (SSSR count). The van der Waals surface area contributed by atoms with Crippen molar-refractivity contribution in [3.8, 4) is 0 Å². The van der Waals surface area contributed by atoms with Crippen LogP contribution in [0.1, 0.15) is 41.5 Å². The van der Waals surface area contributed by atoms with Gasteiger partial charge in [0.1, 0.15) is 0 Å². The molecule has 0 spiro atoms. The molecule has 0 saturated heterocycles. The van der Waals surface area contributed by atoms with Crippen molar-refractivity contribution in [3.63, 3.8) is 0 Å². The Bertz CT molecular complexity index is 273. The summed E-state index contributed by atoms with van der Waals surface area (Å²) >= 11 is 1.73. The molecule has 0 radical (unpaired) electrons. The van der Waals surface area contributed by atoms with Crippen LogP contribution in [0.3, 0.4) is 0 Å². The van der Waals surface area contributed by atoms with Gasteiger partial charge < -0.3 is 5.11 Å². The Morgan fingerprint density at radius 3 is 2.62 bits per heavy atom. The van der Waals surface area contributed by atoms with Crippen LogP contribution in [0, 0.1) is 12.8 Å². The van der Waals surface area contributed by atoms with Gasteiger partial charge in [-0.25, -0.2) is 0 Å². The molecule has 1 fully saturated rings. The molecule has 72 valence electrons. The largest absolute Gasteiger partial charge is 0.387 e. The van der Waals surface area contributed by atoms with Crippen LogP contribution in [-0.2, 0) is 0 Å². The van der Waals surface area contributed by atoms with Gasteiger partial charge in [0.25, 0.3) is 0 Å². The predicted molar refractivity (Wildman–Crippen MR) is 56.0 cm³/mol. The van der Waals surface area contributed by atoms with Gasteiger partial charge >= 0.3 is 0 Å². The fourth-order valence-electron chi connectivity index (χ4n) is 2.12. The minimum Gasteiger partial charge on any atom is -0.387 e. The number of rotatable bonds is 2. The Morgan fingerprint density at radius 2 is 2.08 bits per heavy atom. The van der Waals surface area contributed by atoms with Crippen LogP contribution in [-0.4, -0.2) is 5.11 Å². The number of aliphatic hydroxyl groups is 1. The smallest absolute Gasteiger partial charge is 0.0910 e. The van der Waals surface area contributed by atoms with Gasteiger partial charge in [0.05, 0.1) is 6.10 Å². The first-order valence-electron chi connectivity index (χ1n) is 5.02. The summed E-state index contributed by atoms with van der Waals surface area (Å²) in [5.74, 6) is 0.526. The molecule has 1 aromatic heterocycles. The molecule has 1 atom stereocenters. The maximum Gasteiger partial charge on any atom is 0.0910 e. The van der Waals surface area contributed by atoms with Crippen molar-refractivity contribution in [3.05, 3.63) is 21.9 Å². The molecule has 0 aromatic carbocycles. The number of thiophene rings is 1. The molecule has 1 N–H and O–H groups in total. The SMILES string of the molecule is Cc1ccc(C(O)C2CCCC2)s1. The number of hydrogen-bond acceptors (Lipinski definition) is 2. The standard InChI is InChI=1S/C11H16OS/c1-8-6-7-10(13-8)11(12)9-4-2-3-5-9/h6-7,9,11-12H,2-5H2,1H3. The lowest BCUT2D eigenvalue weighted by atomic mass is 10.00. The Labute approximate surface area is 83.4 Å². The van der Waals surface area contributed by atoms with Crippen LogP contribution >= 0.6 is 11.3 Å². The van der Waals surface area contributed by atoms with Gasteiger partial charge in [0.2, 0.25) is 0 Å². The predicted octanol–water partition coefficient (Wildman–Crippen LogP) is 3.28. The highest BCUT2D eigenvalue weighted by Crippen LogP contribution is 2.37. The van der Waals surface area contributed by atoms with Gasteiger partial charge in [-0.05, 0) is 37.8 Å². The number of aryl methyl sites for hydroxylation is 1. The highest BCUT2D eigenvalue weighted by molar-refractivity contribution is 7.12. The highest BCUT2D eigenvalue weighted by atomic mass is 32.1. The highest BCUT2D eigenvalue weighted by Gasteiger charge is 2.25. The van der Waals surface area contributed by atoms with Crippen molar-refractivity contribution in [1.29, 1.82) is 0 Å². The summed E-state index contributed by atoms with van der Waals surface area (Å²) in [7, 11) is 0. The molecule has 1 nitrogen and oxygen atoms in total. The molecule has 1 saturated carbocycles. The van der Waals surface area contributed by atoms with Crippen molar-refractivity contribution in [2.24, 2.45) is 5.92 Å². The van der Waals surface area contributed by atoms with E-state index in [0.29, 0.717) is 5.92 Å². The molecule has 1 unspecified atom stereocenters. The van der Waals surface area contributed by atoms with E-state index in [1.165, 1.54) is 30.6 Å². The number of aliphatic hydroxyl groups excluding tert-OH is 1. The maximum absolute atomic E-state index is 10.0. The van der Waals surface area contributed by atoms with E-state index >= 15 is 0 Å². The Kier molecular flexibility index (Phi) is 2.70. The third-order valence-electron chi connectivity index (χ3n) is 2.90. The second kappa shape index (κ2) is 3.81. The normalized spacial score (nSPS) is 20.8. The average molecular weight is 196 g/mol. The molecule has 1 aliphatic carbocycles. The van der Waals surface area contributed by atoms with E-state index in [9.17, 15) is 5.11 Å². The van der Waals surface area contributed by atoms with Gasteiger partial charge in [-0.2, -0.15) is 0 Å². The third kappa shape index (κ3) is 1.94. The quantitative estimate of drug-likeness (QED) is 0.769. The van der Waals surface area contributed by atoms with E-state index in [0.717, 1.165) is 4.88 Å². The van der Waals surface area contributed by atoms with Crippen LogP contribution in [0.25, 0.3) is 0 Å². The van der Waals surface area contributed by atoms with E-state index in [4.69, 9.17) is 0 Å². The molecule has 2 heteroatoms. The zero-order valence-electron chi connectivity index (χ0n) is 7.99. The van der Waals surface area contributed by atoms with Crippen molar-refractivity contribution in [1.82, 2.24) is 0 Å². The lowest BCUT2D eigenvalue weighted by Gasteiger charge is -2.15. The van der Waals surface area contributed by atoms with E-state index in [2.05, 4.69) is 19.1 Å². The van der Waals surface area contributed by atoms with Crippen molar-refractivity contribution in [2.45, 2.75) is 38.7 Å². The molecule has 0 bridgehead atoms. The second-order valence-corrected chi connectivity index (χ2v) is 5.26. The summed E-state index contributed by atoms with van der Waals surface area (Å²) < 4.78 is 0. The van der Waals surface area contributed by atoms with Gasteiger partial charge in [-0.1, -0.05) is 12.8 Å². The number of hydrogen-bond donors (Lipinski definition) is 1. The Balaban J connectivity index is 2.07. The first-order chi connectivity index (χ1) is 6.27. The van der Waals surface area contributed by atoms with Crippen LogP contribution in [0.15, 0.2) is 12.1 Å². The summed E-state index contributed by atoms with van der Waals surface area (Å²) in [5, 5.41) is 10.0. The monoisotopic (exact) mass is 196 g/mol. The summed E-state index contributed by atoms with van der Waals surface area (Å²) in [5.41, 5.74) is 0. The maximum atomic E-state index is 10.0. The van der Waals surface area contributed by atoms with E-state index in [1.54, 1.807) is 11.3 Å². The van der Waals surface area contributed by atoms with Crippen LogP contribution in [0.2, 0.25) is 0 Å². The van der Waals surface area contributed by atoms with Crippen LogP contribution < -0.4 is 0 Å². The molecular formula is C11H16OS.